The molecule has 0 bridgehead atoms. The number of amides is 1. The molecule has 172 valence electrons. The Kier molecular flexibility index (Phi) is 7.61. The van der Waals surface area contributed by atoms with Crippen LogP contribution in [0.15, 0.2) is 72.8 Å². The van der Waals surface area contributed by atoms with Gasteiger partial charge in [-0.25, -0.2) is 0 Å². The average molecular weight is 441 g/mol. The van der Waals surface area contributed by atoms with Crippen LogP contribution in [-0.2, 0) is 13.0 Å². The van der Waals surface area contributed by atoms with E-state index in [1.807, 2.05) is 19.1 Å². The molecule has 4 rings (SSSR count). The number of likely N-dealkylation sites (tertiary alicyclic amines) is 1. The Morgan fingerprint density at radius 1 is 0.939 bits per heavy atom. The predicted octanol–water partition coefficient (Wildman–Crippen LogP) is 6.25. The zero-order valence-electron chi connectivity index (χ0n) is 20.2. The Hall–Kier alpha value is -2.91. The van der Waals surface area contributed by atoms with Gasteiger partial charge in [0.1, 0.15) is 0 Å². The molecular weight excluding hydrogens is 404 g/mol. The van der Waals surface area contributed by atoms with Crippen molar-refractivity contribution in [1.82, 2.24) is 10.2 Å². The number of benzene rings is 3. The summed E-state index contributed by atoms with van der Waals surface area (Å²) in [6, 6.07) is 25.3. The third-order valence-corrected chi connectivity index (χ3v) is 6.94. The quantitative estimate of drug-likeness (QED) is 0.471. The van der Waals surface area contributed by atoms with Crippen LogP contribution in [0.3, 0.4) is 0 Å². The number of piperidine rings is 1. The van der Waals surface area contributed by atoms with E-state index in [2.05, 4.69) is 84.7 Å². The van der Waals surface area contributed by atoms with Gasteiger partial charge in [0.05, 0.1) is 6.04 Å². The zero-order chi connectivity index (χ0) is 23.2. The van der Waals surface area contributed by atoms with Crippen molar-refractivity contribution < 1.29 is 4.79 Å². The molecule has 3 aromatic rings. The first-order chi connectivity index (χ1) is 16.0. The number of nitrogens with zero attached hydrogens (tertiary/aromatic N) is 1. The van der Waals surface area contributed by atoms with Crippen molar-refractivity contribution >= 4 is 5.91 Å². The first kappa shape index (κ1) is 23.3. The molecule has 33 heavy (non-hydrogen) atoms. The zero-order valence-corrected chi connectivity index (χ0v) is 20.2. The van der Waals surface area contributed by atoms with Gasteiger partial charge in [0, 0.05) is 12.1 Å². The van der Waals surface area contributed by atoms with Gasteiger partial charge in [-0.05, 0) is 93.4 Å². The fourth-order valence-electron chi connectivity index (χ4n) is 4.99. The normalized spacial score (nSPS) is 15.8. The van der Waals surface area contributed by atoms with Crippen LogP contribution in [0.5, 0.6) is 0 Å². The summed E-state index contributed by atoms with van der Waals surface area (Å²) in [5, 5.41) is 3.15. The van der Waals surface area contributed by atoms with E-state index in [4.69, 9.17) is 0 Å². The third kappa shape index (κ3) is 6.33. The van der Waals surface area contributed by atoms with E-state index >= 15 is 0 Å². The van der Waals surface area contributed by atoms with Gasteiger partial charge in [0.25, 0.3) is 5.91 Å². The fraction of sp³-hybridized carbons (Fsp3) is 0.367. The van der Waals surface area contributed by atoms with Gasteiger partial charge in [-0.15, -0.1) is 0 Å². The summed E-state index contributed by atoms with van der Waals surface area (Å²) >= 11 is 0. The molecule has 1 N–H and O–H groups in total. The van der Waals surface area contributed by atoms with Crippen LogP contribution in [0.25, 0.3) is 0 Å². The van der Waals surface area contributed by atoms with Crippen molar-refractivity contribution in [2.45, 2.75) is 52.6 Å². The lowest BCUT2D eigenvalue weighted by molar-refractivity contribution is 0.0940. The average Bonchev–Trinajstić information content (AvgIpc) is 2.81. The van der Waals surface area contributed by atoms with Gasteiger partial charge < -0.3 is 5.32 Å². The van der Waals surface area contributed by atoms with E-state index in [9.17, 15) is 4.79 Å². The standard InChI is InChI=1S/C30H36N2O/c1-22-9-14-29(23(2)19-22)24(3)31-30(33)28-12-10-27(11-13-28)21-32-17-15-26(16-18-32)20-25-7-5-4-6-8-25/h4-14,19,24,26H,15-18,20-21H2,1-3H3,(H,31,33)/t24-/m1/s1. The molecule has 3 nitrogen and oxygen atoms in total. The number of nitrogens with one attached hydrogen (secondary N) is 1. The maximum absolute atomic E-state index is 12.8. The molecule has 1 aliphatic rings. The van der Waals surface area contributed by atoms with Crippen molar-refractivity contribution in [3.8, 4) is 0 Å². The lowest BCUT2D eigenvalue weighted by Crippen LogP contribution is -2.33. The number of hydrogen-bond acceptors (Lipinski definition) is 2. The highest BCUT2D eigenvalue weighted by Crippen LogP contribution is 2.23. The molecule has 3 heteroatoms. The molecule has 0 aromatic heterocycles. The molecule has 0 radical (unpaired) electrons. The Morgan fingerprint density at radius 2 is 1.64 bits per heavy atom. The van der Waals surface area contributed by atoms with Crippen molar-refractivity contribution in [3.05, 3.63) is 106 Å². The van der Waals surface area contributed by atoms with Crippen LogP contribution in [0.4, 0.5) is 0 Å². The number of carbonyl (C=O) groups is 1. The Balaban J connectivity index is 1.26. The van der Waals surface area contributed by atoms with Crippen LogP contribution < -0.4 is 5.32 Å². The van der Waals surface area contributed by atoms with Gasteiger partial charge in [-0.2, -0.15) is 0 Å². The van der Waals surface area contributed by atoms with E-state index in [0.717, 1.165) is 31.1 Å². The summed E-state index contributed by atoms with van der Waals surface area (Å²) in [4.78, 5) is 15.3. The van der Waals surface area contributed by atoms with Crippen LogP contribution in [0, 0.1) is 19.8 Å². The van der Waals surface area contributed by atoms with Gasteiger partial charge in [-0.1, -0.05) is 66.2 Å². The van der Waals surface area contributed by atoms with E-state index in [-0.39, 0.29) is 11.9 Å². The molecular formula is C30H36N2O. The van der Waals surface area contributed by atoms with E-state index < -0.39 is 0 Å². The molecule has 0 aliphatic carbocycles. The second-order valence-corrected chi connectivity index (χ2v) is 9.66. The maximum atomic E-state index is 12.8. The molecule has 0 saturated carbocycles. The second kappa shape index (κ2) is 10.8. The minimum absolute atomic E-state index is 0.0178. The summed E-state index contributed by atoms with van der Waals surface area (Å²) < 4.78 is 0. The Morgan fingerprint density at radius 3 is 2.30 bits per heavy atom. The largest absolute Gasteiger partial charge is 0.346 e. The first-order valence-corrected chi connectivity index (χ1v) is 12.2. The van der Waals surface area contributed by atoms with Crippen LogP contribution in [0.1, 0.15) is 64.0 Å². The predicted molar refractivity (Wildman–Crippen MR) is 136 cm³/mol. The molecule has 1 aliphatic heterocycles. The SMILES string of the molecule is Cc1ccc([C@@H](C)NC(=O)c2ccc(CN3CCC(Cc4ccccc4)CC3)cc2)c(C)c1. The molecule has 1 heterocycles. The molecule has 1 fully saturated rings. The van der Waals surface area contributed by atoms with Gasteiger partial charge in [-0.3, -0.25) is 9.69 Å². The molecule has 0 spiro atoms. The summed E-state index contributed by atoms with van der Waals surface area (Å²) in [6.45, 7) is 9.49. The molecule has 1 amide bonds. The van der Waals surface area contributed by atoms with Crippen LogP contribution >= 0.6 is 0 Å². The topological polar surface area (TPSA) is 32.3 Å². The minimum atomic E-state index is -0.0186. The van der Waals surface area contributed by atoms with E-state index in [1.165, 1.54) is 47.1 Å². The summed E-state index contributed by atoms with van der Waals surface area (Å²) in [6.07, 6.45) is 3.70. The van der Waals surface area contributed by atoms with Crippen LogP contribution in [-0.4, -0.2) is 23.9 Å². The Bertz CT molecular complexity index is 1050. The first-order valence-electron chi connectivity index (χ1n) is 12.2. The third-order valence-electron chi connectivity index (χ3n) is 6.94. The smallest absolute Gasteiger partial charge is 0.251 e. The number of rotatable bonds is 7. The highest BCUT2D eigenvalue weighted by molar-refractivity contribution is 5.94. The molecule has 3 aromatic carbocycles. The lowest BCUT2D eigenvalue weighted by Gasteiger charge is -2.32. The summed E-state index contributed by atoms with van der Waals surface area (Å²) in [5.41, 5.74) is 7.07. The van der Waals surface area contributed by atoms with Gasteiger partial charge >= 0.3 is 0 Å². The highest BCUT2D eigenvalue weighted by Gasteiger charge is 2.20. The van der Waals surface area contributed by atoms with Crippen LogP contribution in [0.2, 0.25) is 0 Å². The second-order valence-electron chi connectivity index (χ2n) is 9.66. The van der Waals surface area contributed by atoms with Crippen molar-refractivity contribution in [1.29, 1.82) is 0 Å². The van der Waals surface area contributed by atoms with Crippen molar-refractivity contribution in [2.75, 3.05) is 13.1 Å². The van der Waals surface area contributed by atoms with E-state index in [0.29, 0.717) is 0 Å². The fourth-order valence-corrected chi connectivity index (χ4v) is 4.99. The molecule has 1 saturated heterocycles. The van der Waals surface area contributed by atoms with Gasteiger partial charge in [0.15, 0.2) is 0 Å². The Labute approximate surface area is 198 Å². The minimum Gasteiger partial charge on any atom is -0.346 e. The summed E-state index contributed by atoms with van der Waals surface area (Å²) in [7, 11) is 0. The highest BCUT2D eigenvalue weighted by atomic mass is 16.1. The lowest BCUT2D eigenvalue weighted by atomic mass is 9.90. The van der Waals surface area contributed by atoms with Crippen molar-refractivity contribution in [2.24, 2.45) is 5.92 Å². The van der Waals surface area contributed by atoms with Crippen molar-refractivity contribution in [3.63, 3.8) is 0 Å². The van der Waals surface area contributed by atoms with E-state index in [1.54, 1.807) is 0 Å². The number of carbonyl (C=O) groups excluding carboxylic acids is 1. The molecule has 1 atom stereocenters. The maximum Gasteiger partial charge on any atom is 0.251 e. The number of aryl methyl sites for hydroxylation is 2. The summed E-state index contributed by atoms with van der Waals surface area (Å²) in [5.74, 6) is 0.768. The van der Waals surface area contributed by atoms with Gasteiger partial charge in [0.2, 0.25) is 0 Å². The number of hydrogen-bond donors (Lipinski definition) is 1. The monoisotopic (exact) mass is 440 g/mol. The molecule has 0 unspecified atom stereocenters.